The number of aliphatic hydroxyl groups is 1. The quantitative estimate of drug-likeness (QED) is 0.338. The van der Waals surface area contributed by atoms with Gasteiger partial charge in [0.05, 0.1) is 17.2 Å². The SMILES string of the molecule is CN1CC(c2ccc(Nc3cc(-c4cccc(N5CCc6c(sc7c6CCCC7)C5=O)c4CO)cn(C)c3=O)nc2)C1. The van der Waals surface area contributed by atoms with Crippen molar-refractivity contribution in [2.45, 2.75) is 44.6 Å². The topological polar surface area (TPSA) is 90.7 Å². The number of fused-ring (bicyclic) bond motifs is 3. The first-order valence-corrected chi connectivity index (χ1v) is 15.5. The van der Waals surface area contributed by atoms with Crippen molar-refractivity contribution in [3.05, 3.63) is 91.2 Å². The van der Waals surface area contributed by atoms with E-state index < -0.39 is 0 Å². The molecule has 0 spiro atoms. The van der Waals surface area contributed by atoms with E-state index in [4.69, 9.17) is 0 Å². The molecule has 8 nitrogen and oxygen atoms in total. The number of likely N-dealkylation sites (tertiary alicyclic amines) is 1. The molecule has 42 heavy (non-hydrogen) atoms. The third-order valence-electron chi connectivity index (χ3n) is 8.98. The van der Waals surface area contributed by atoms with E-state index in [1.54, 1.807) is 35.2 Å². The number of amides is 1. The molecule has 9 heteroatoms. The molecule has 0 saturated carbocycles. The molecule has 3 aromatic heterocycles. The van der Waals surface area contributed by atoms with Crippen LogP contribution >= 0.6 is 11.3 Å². The van der Waals surface area contributed by atoms with Crippen LogP contribution in [0.1, 0.15) is 55.6 Å². The van der Waals surface area contributed by atoms with Crippen molar-refractivity contribution >= 4 is 34.4 Å². The first kappa shape index (κ1) is 27.1. The van der Waals surface area contributed by atoms with E-state index in [0.29, 0.717) is 29.5 Å². The number of nitrogens with zero attached hydrogens (tertiary/aromatic N) is 4. The van der Waals surface area contributed by atoms with Crippen LogP contribution in [0, 0.1) is 0 Å². The molecule has 7 rings (SSSR count). The minimum atomic E-state index is -0.228. The van der Waals surface area contributed by atoms with E-state index in [1.807, 2.05) is 35.4 Å². The zero-order chi connectivity index (χ0) is 29.0. The van der Waals surface area contributed by atoms with E-state index in [2.05, 4.69) is 28.3 Å². The summed E-state index contributed by atoms with van der Waals surface area (Å²) in [6.45, 7) is 2.42. The number of anilines is 3. The van der Waals surface area contributed by atoms with Gasteiger partial charge in [0.2, 0.25) is 0 Å². The Bertz CT molecular complexity index is 1740. The van der Waals surface area contributed by atoms with Crippen LogP contribution in [-0.4, -0.2) is 52.1 Å². The lowest BCUT2D eigenvalue weighted by molar-refractivity contribution is 0.0984. The summed E-state index contributed by atoms with van der Waals surface area (Å²) in [6, 6.07) is 11.6. The van der Waals surface area contributed by atoms with Crippen LogP contribution in [0.4, 0.5) is 17.2 Å². The molecular formula is C33H35N5O3S. The lowest BCUT2D eigenvalue weighted by atomic mass is 9.91. The Morgan fingerprint density at radius 3 is 2.64 bits per heavy atom. The highest BCUT2D eigenvalue weighted by molar-refractivity contribution is 7.14. The minimum Gasteiger partial charge on any atom is -0.392 e. The molecule has 0 bridgehead atoms. The van der Waals surface area contributed by atoms with Crippen molar-refractivity contribution < 1.29 is 9.90 Å². The van der Waals surface area contributed by atoms with Gasteiger partial charge in [-0.3, -0.25) is 9.59 Å². The summed E-state index contributed by atoms with van der Waals surface area (Å²) in [6.07, 6.45) is 9.02. The summed E-state index contributed by atoms with van der Waals surface area (Å²) in [7, 11) is 3.83. The van der Waals surface area contributed by atoms with Crippen molar-refractivity contribution in [1.29, 1.82) is 0 Å². The van der Waals surface area contributed by atoms with Gasteiger partial charge in [0.25, 0.3) is 11.5 Å². The number of nitrogens with one attached hydrogen (secondary N) is 1. The first-order chi connectivity index (χ1) is 20.4. The highest BCUT2D eigenvalue weighted by atomic mass is 32.1. The number of thiophene rings is 1. The van der Waals surface area contributed by atoms with Crippen molar-refractivity contribution in [2.24, 2.45) is 7.05 Å². The van der Waals surface area contributed by atoms with Gasteiger partial charge in [-0.25, -0.2) is 4.98 Å². The molecule has 1 fully saturated rings. The van der Waals surface area contributed by atoms with Gasteiger partial charge in [0, 0.05) is 61.0 Å². The van der Waals surface area contributed by atoms with Gasteiger partial charge in [-0.1, -0.05) is 18.2 Å². The van der Waals surface area contributed by atoms with Crippen LogP contribution in [0.3, 0.4) is 0 Å². The third-order valence-corrected chi connectivity index (χ3v) is 10.3. The number of hydrogen-bond acceptors (Lipinski definition) is 7. The predicted molar refractivity (Wildman–Crippen MR) is 167 cm³/mol. The normalized spacial score (nSPS) is 17.1. The molecule has 5 heterocycles. The maximum Gasteiger partial charge on any atom is 0.274 e. The highest BCUT2D eigenvalue weighted by Gasteiger charge is 2.33. The number of aliphatic hydroxyl groups excluding tert-OH is 1. The zero-order valence-electron chi connectivity index (χ0n) is 24.0. The fourth-order valence-corrected chi connectivity index (χ4v) is 8.11. The summed E-state index contributed by atoms with van der Waals surface area (Å²) in [5.41, 5.74) is 7.04. The summed E-state index contributed by atoms with van der Waals surface area (Å²) < 4.78 is 1.54. The number of benzene rings is 1. The van der Waals surface area contributed by atoms with E-state index in [-0.39, 0.29) is 18.1 Å². The van der Waals surface area contributed by atoms with Crippen LogP contribution in [0.2, 0.25) is 0 Å². The predicted octanol–water partition coefficient (Wildman–Crippen LogP) is 4.86. The van der Waals surface area contributed by atoms with Crippen LogP contribution in [0.25, 0.3) is 11.1 Å². The van der Waals surface area contributed by atoms with E-state index in [1.165, 1.54) is 34.4 Å². The van der Waals surface area contributed by atoms with Crippen molar-refractivity contribution in [2.75, 3.05) is 36.9 Å². The Morgan fingerprint density at radius 1 is 1.05 bits per heavy atom. The minimum absolute atomic E-state index is 0.0217. The lowest BCUT2D eigenvalue weighted by Gasteiger charge is -2.36. The molecule has 1 aliphatic carbocycles. The summed E-state index contributed by atoms with van der Waals surface area (Å²) >= 11 is 1.66. The van der Waals surface area contributed by atoms with Gasteiger partial charge >= 0.3 is 0 Å². The molecule has 2 aliphatic heterocycles. The number of aromatic nitrogens is 2. The van der Waals surface area contributed by atoms with Crippen LogP contribution < -0.4 is 15.8 Å². The number of carbonyl (C=O) groups excluding carboxylic acids is 1. The fourth-order valence-electron chi connectivity index (χ4n) is 6.73. The Morgan fingerprint density at radius 2 is 1.88 bits per heavy atom. The second kappa shape index (κ2) is 10.8. The molecule has 0 atom stereocenters. The molecule has 1 amide bonds. The number of pyridine rings is 2. The van der Waals surface area contributed by atoms with Crippen LogP contribution in [0.5, 0.6) is 0 Å². The maximum absolute atomic E-state index is 13.8. The molecule has 0 unspecified atom stereocenters. The van der Waals surface area contributed by atoms with E-state index >= 15 is 0 Å². The number of hydrogen-bond donors (Lipinski definition) is 2. The average molecular weight is 582 g/mol. The average Bonchev–Trinajstić information content (AvgIpc) is 3.38. The Labute approximate surface area is 249 Å². The first-order valence-electron chi connectivity index (χ1n) is 14.7. The molecule has 0 radical (unpaired) electrons. The Kier molecular flexibility index (Phi) is 6.96. The number of carbonyl (C=O) groups is 1. The number of rotatable bonds is 6. The van der Waals surface area contributed by atoms with E-state index in [0.717, 1.165) is 54.0 Å². The summed E-state index contributed by atoms with van der Waals surface area (Å²) in [4.78, 5) is 37.8. The second-order valence-corrected chi connectivity index (χ2v) is 12.9. The Hall–Kier alpha value is -3.79. The van der Waals surface area contributed by atoms with E-state index in [9.17, 15) is 14.7 Å². The largest absolute Gasteiger partial charge is 0.392 e. The van der Waals surface area contributed by atoms with Crippen LogP contribution in [-0.2, 0) is 32.9 Å². The van der Waals surface area contributed by atoms with Crippen LogP contribution in [0.15, 0.2) is 53.6 Å². The number of aryl methyl sites for hydroxylation is 2. The zero-order valence-corrected chi connectivity index (χ0v) is 24.8. The van der Waals surface area contributed by atoms with Gasteiger partial charge in [-0.15, -0.1) is 11.3 Å². The monoisotopic (exact) mass is 581 g/mol. The summed E-state index contributed by atoms with van der Waals surface area (Å²) in [5, 5.41) is 13.8. The van der Waals surface area contributed by atoms with Gasteiger partial charge in [-0.05, 0) is 79.6 Å². The second-order valence-electron chi connectivity index (χ2n) is 11.8. The molecular weight excluding hydrogens is 546 g/mol. The van der Waals surface area contributed by atoms with Crippen molar-refractivity contribution in [1.82, 2.24) is 14.5 Å². The molecule has 3 aliphatic rings. The summed E-state index contributed by atoms with van der Waals surface area (Å²) in [5.74, 6) is 1.12. The third kappa shape index (κ3) is 4.65. The van der Waals surface area contributed by atoms with Gasteiger partial charge in [0.1, 0.15) is 11.5 Å². The Balaban J connectivity index is 1.20. The fraction of sp³-hybridized carbons (Fsp3) is 0.364. The molecule has 1 aromatic carbocycles. The van der Waals surface area contributed by atoms with Crippen molar-refractivity contribution in [3.8, 4) is 11.1 Å². The molecule has 1 saturated heterocycles. The molecule has 2 N–H and O–H groups in total. The van der Waals surface area contributed by atoms with Gasteiger partial charge in [0.15, 0.2) is 0 Å². The van der Waals surface area contributed by atoms with Crippen molar-refractivity contribution in [3.63, 3.8) is 0 Å². The lowest BCUT2D eigenvalue weighted by Crippen LogP contribution is -2.41. The maximum atomic E-state index is 13.8. The molecule has 4 aromatic rings. The molecule has 216 valence electrons. The number of likely N-dealkylation sites (N-methyl/N-ethyl adjacent to an activating group) is 1. The van der Waals surface area contributed by atoms with Gasteiger partial charge < -0.3 is 24.8 Å². The highest BCUT2D eigenvalue weighted by Crippen LogP contribution is 2.40. The van der Waals surface area contributed by atoms with Gasteiger partial charge in [-0.2, -0.15) is 0 Å². The standard InChI is InChI=1S/C33H35N5O3S/c1-36-16-22(17-36)20-10-11-30(34-15-20)35-27-14-21(18-37(2)32(27)40)23-7-5-8-28(26(23)19-39)38-13-12-25-24-6-3-4-9-29(24)42-31(25)33(38)41/h5,7-8,10-11,14-15,18,22,39H,3-4,6,9,12-13,16-17,19H2,1-2H3,(H,34,35). The smallest absolute Gasteiger partial charge is 0.274 e.